The summed E-state index contributed by atoms with van der Waals surface area (Å²) in [7, 11) is 0. The van der Waals surface area contributed by atoms with Crippen LogP contribution in [0.4, 0.5) is 5.82 Å². The molecule has 27 heavy (non-hydrogen) atoms. The number of phenolic OH excluding ortho intramolecular Hbond substituents is 2. The maximum atomic E-state index is 10.3. The number of anilines is 1. The Kier molecular flexibility index (Phi) is 5.24. The number of phenols is 2. The number of aromatic hydroxyl groups is 2. The van der Waals surface area contributed by atoms with E-state index in [-0.39, 0.29) is 16.9 Å². The Morgan fingerprint density at radius 2 is 1.85 bits per heavy atom. The lowest BCUT2D eigenvalue weighted by molar-refractivity contribution is 0.245. The summed E-state index contributed by atoms with van der Waals surface area (Å²) in [6, 6.07) is 9.38. The number of benzene rings is 1. The van der Waals surface area contributed by atoms with Crippen molar-refractivity contribution in [1.82, 2.24) is 9.88 Å². The fourth-order valence-corrected chi connectivity index (χ4v) is 3.33. The summed E-state index contributed by atoms with van der Waals surface area (Å²) in [5.41, 5.74) is 2.22. The SMILES string of the molecule is CC(C)(C)c1cc(O)c(O)c(CN2CCN(c3ncccc3C#N)CC2)c1. The normalized spacial score (nSPS) is 15.6. The van der Waals surface area contributed by atoms with Crippen LogP contribution in [0, 0.1) is 11.3 Å². The van der Waals surface area contributed by atoms with E-state index in [2.05, 4.69) is 41.6 Å². The van der Waals surface area contributed by atoms with Crippen LogP contribution in [0.2, 0.25) is 0 Å². The van der Waals surface area contributed by atoms with E-state index in [1.807, 2.05) is 6.07 Å². The van der Waals surface area contributed by atoms with Gasteiger partial charge in [-0.1, -0.05) is 26.8 Å². The average molecular weight is 366 g/mol. The van der Waals surface area contributed by atoms with Gasteiger partial charge in [0.05, 0.1) is 5.56 Å². The van der Waals surface area contributed by atoms with Crippen molar-refractivity contribution in [2.75, 3.05) is 31.1 Å². The van der Waals surface area contributed by atoms with Gasteiger partial charge < -0.3 is 15.1 Å². The van der Waals surface area contributed by atoms with Gasteiger partial charge in [0.1, 0.15) is 11.9 Å². The summed E-state index contributed by atoms with van der Waals surface area (Å²) in [6.07, 6.45) is 1.71. The summed E-state index contributed by atoms with van der Waals surface area (Å²) in [4.78, 5) is 8.72. The first-order chi connectivity index (χ1) is 12.8. The minimum absolute atomic E-state index is 0.0399. The zero-order chi connectivity index (χ0) is 19.6. The van der Waals surface area contributed by atoms with Crippen molar-refractivity contribution in [3.63, 3.8) is 0 Å². The second-order valence-corrected chi connectivity index (χ2v) is 8.00. The molecule has 0 radical (unpaired) electrons. The first-order valence-electron chi connectivity index (χ1n) is 9.17. The van der Waals surface area contributed by atoms with Gasteiger partial charge in [0.25, 0.3) is 0 Å². The lowest BCUT2D eigenvalue weighted by atomic mass is 9.85. The number of rotatable bonds is 3. The summed E-state index contributed by atoms with van der Waals surface area (Å²) in [5, 5.41) is 29.7. The van der Waals surface area contributed by atoms with Gasteiger partial charge in [-0.15, -0.1) is 0 Å². The fourth-order valence-electron chi connectivity index (χ4n) is 3.33. The third-order valence-electron chi connectivity index (χ3n) is 5.01. The van der Waals surface area contributed by atoms with Crippen LogP contribution in [-0.2, 0) is 12.0 Å². The number of pyridine rings is 1. The fraction of sp³-hybridized carbons (Fsp3) is 0.429. The maximum Gasteiger partial charge on any atom is 0.162 e. The van der Waals surface area contributed by atoms with E-state index in [1.54, 1.807) is 24.4 Å². The Balaban J connectivity index is 1.71. The zero-order valence-electron chi connectivity index (χ0n) is 16.1. The largest absolute Gasteiger partial charge is 0.504 e. The van der Waals surface area contributed by atoms with Crippen molar-refractivity contribution in [2.45, 2.75) is 32.7 Å². The van der Waals surface area contributed by atoms with Crippen LogP contribution in [-0.4, -0.2) is 46.3 Å². The first-order valence-corrected chi connectivity index (χ1v) is 9.17. The van der Waals surface area contributed by atoms with E-state index in [9.17, 15) is 15.5 Å². The minimum atomic E-state index is -0.106. The van der Waals surface area contributed by atoms with E-state index in [0.29, 0.717) is 12.1 Å². The molecule has 0 bridgehead atoms. The van der Waals surface area contributed by atoms with Crippen molar-refractivity contribution in [3.8, 4) is 17.6 Å². The highest BCUT2D eigenvalue weighted by Gasteiger charge is 2.23. The van der Waals surface area contributed by atoms with Crippen molar-refractivity contribution in [2.24, 2.45) is 0 Å². The zero-order valence-corrected chi connectivity index (χ0v) is 16.1. The monoisotopic (exact) mass is 366 g/mol. The quantitative estimate of drug-likeness (QED) is 0.813. The number of piperazine rings is 1. The maximum absolute atomic E-state index is 10.3. The highest BCUT2D eigenvalue weighted by Crippen LogP contribution is 2.36. The van der Waals surface area contributed by atoms with Crippen molar-refractivity contribution in [3.05, 3.63) is 47.2 Å². The topological polar surface area (TPSA) is 83.6 Å². The number of aromatic nitrogens is 1. The number of hydrogen-bond acceptors (Lipinski definition) is 6. The van der Waals surface area contributed by atoms with Gasteiger partial charge >= 0.3 is 0 Å². The first kappa shape index (κ1) is 19.0. The smallest absolute Gasteiger partial charge is 0.162 e. The van der Waals surface area contributed by atoms with Crippen LogP contribution in [0.5, 0.6) is 11.5 Å². The lowest BCUT2D eigenvalue weighted by Crippen LogP contribution is -2.46. The Bertz CT molecular complexity index is 859. The Morgan fingerprint density at radius 1 is 1.15 bits per heavy atom. The van der Waals surface area contributed by atoms with Crippen molar-refractivity contribution >= 4 is 5.82 Å². The van der Waals surface area contributed by atoms with Crippen LogP contribution in [0.1, 0.15) is 37.5 Å². The molecule has 0 atom stereocenters. The van der Waals surface area contributed by atoms with E-state index >= 15 is 0 Å². The van der Waals surface area contributed by atoms with Gasteiger partial charge in [0.2, 0.25) is 0 Å². The number of nitrogens with zero attached hydrogens (tertiary/aromatic N) is 4. The van der Waals surface area contributed by atoms with Crippen molar-refractivity contribution < 1.29 is 10.2 Å². The van der Waals surface area contributed by atoms with E-state index in [0.717, 1.165) is 43.1 Å². The number of nitriles is 1. The van der Waals surface area contributed by atoms with E-state index in [1.165, 1.54) is 0 Å². The Labute approximate surface area is 160 Å². The standard InChI is InChI=1S/C21H26N4O2/c1-21(2,3)17-11-16(19(27)18(26)12-17)14-24-7-9-25(10-8-24)20-15(13-22)5-4-6-23-20/h4-6,11-12,26-27H,7-10,14H2,1-3H3. The van der Waals surface area contributed by atoms with Gasteiger partial charge in [-0.25, -0.2) is 4.98 Å². The molecule has 1 aliphatic heterocycles. The molecule has 142 valence electrons. The van der Waals surface area contributed by atoms with Crippen LogP contribution >= 0.6 is 0 Å². The molecule has 2 heterocycles. The third kappa shape index (κ3) is 4.15. The molecule has 0 amide bonds. The van der Waals surface area contributed by atoms with Gasteiger partial charge in [-0.05, 0) is 29.2 Å². The van der Waals surface area contributed by atoms with Gasteiger partial charge in [0.15, 0.2) is 11.5 Å². The molecule has 1 aromatic carbocycles. The molecular formula is C21H26N4O2. The summed E-state index contributed by atoms with van der Waals surface area (Å²) in [6.45, 7) is 9.94. The molecule has 1 aliphatic rings. The molecule has 0 aliphatic carbocycles. The van der Waals surface area contributed by atoms with Crippen LogP contribution < -0.4 is 4.90 Å². The van der Waals surface area contributed by atoms with Gasteiger partial charge in [-0.2, -0.15) is 5.26 Å². The summed E-state index contributed by atoms with van der Waals surface area (Å²) in [5.74, 6) is 0.625. The molecule has 0 saturated carbocycles. The second kappa shape index (κ2) is 7.45. The van der Waals surface area contributed by atoms with Gasteiger partial charge in [-0.3, -0.25) is 4.90 Å². The molecule has 0 unspecified atom stereocenters. The third-order valence-corrected chi connectivity index (χ3v) is 5.01. The molecule has 1 saturated heterocycles. The van der Waals surface area contributed by atoms with E-state index in [4.69, 9.17) is 0 Å². The van der Waals surface area contributed by atoms with Crippen LogP contribution in [0.25, 0.3) is 0 Å². The second-order valence-electron chi connectivity index (χ2n) is 8.00. The van der Waals surface area contributed by atoms with Crippen molar-refractivity contribution in [1.29, 1.82) is 5.26 Å². The molecule has 6 heteroatoms. The predicted molar refractivity (Wildman–Crippen MR) is 105 cm³/mol. The minimum Gasteiger partial charge on any atom is -0.504 e. The highest BCUT2D eigenvalue weighted by molar-refractivity contribution is 5.54. The molecule has 6 nitrogen and oxygen atoms in total. The highest BCUT2D eigenvalue weighted by atomic mass is 16.3. The molecule has 1 fully saturated rings. The predicted octanol–water partition coefficient (Wildman–Crippen LogP) is 2.98. The van der Waals surface area contributed by atoms with Gasteiger partial charge in [0, 0.05) is 44.5 Å². The average Bonchev–Trinajstić information content (AvgIpc) is 2.65. The summed E-state index contributed by atoms with van der Waals surface area (Å²) >= 11 is 0. The van der Waals surface area contributed by atoms with E-state index < -0.39 is 0 Å². The Morgan fingerprint density at radius 3 is 2.48 bits per heavy atom. The molecule has 0 spiro atoms. The Hall–Kier alpha value is -2.78. The molecule has 2 aromatic rings. The molecule has 2 N–H and O–H groups in total. The number of hydrogen-bond donors (Lipinski definition) is 2. The molecular weight excluding hydrogens is 340 g/mol. The lowest BCUT2D eigenvalue weighted by Gasteiger charge is -2.36. The van der Waals surface area contributed by atoms with Crippen LogP contribution in [0.15, 0.2) is 30.5 Å². The van der Waals surface area contributed by atoms with Crippen LogP contribution in [0.3, 0.4) is 0 Å². The molecule has 3 rings (SSSR count). The molecule has 1 aromatic heterocycles. The summed E-state index contributed by atoms with van der Waals surface area (Å²) < 4.78 is 0.